The molecule has 2 rings (SSSR count). The van der Waals surface area contributed by atoms with E-state index >= 15 is 0 Å². The summed E-state index contributed by atoms with van der Waals surface area (Å²) < 4.78 is 0. The molecular weight excluding hydrogens is 220 g/mol. The van der Waals surface area contributed by atoms with Crippen molar-refractivity contribution in [2.24, 2.45) is 0 Å². The molecule has 2 aromatic rings. The Morgan fingerprint density at radius 2 is 2.22 bits per heavy atom. The molecule has 0 amide bonds. The molecule has 18 heavy (non-hydrogen) atoms. The lowest BCUT2D eigenvalue weighted by molar-refractivity contribution is 0.545. The Balaban J connectivity index is 2.40. The van der Waals surface area contributed by atoms with E-state index in [0.717, 1.165) is 18.5 Å². The van der Waals surface area contributed by atoms with Gasteiger partial charge in [-0.3, -0.25) is 4.98 Å². The molecule has 0 saturated heterocycles. The largest absolute Gasteiger partial charge is 0.309 e. The molecule has 0 aliphatic carbocycles. The van der Waals surface area contributed by atoms with Crippen LogP contribution in [0.3, 0.4) is 0 Å². The van der Waals surface area contributed by atoms with Crippen LogP contribution >= 0.6 is 0 Å². The fourth-order valence-corrected chi connectivity index (χ4v) is 2.16. The monoisotopic (exact) mass is 238 g/mol. The predicted molar refractivity (Wildman–Crippen MR) is 76.2 cm³/mol. The van der Waals surface area contributed by atoms with Gasteiger partial charge < -0.3 is 5.32 Å². The molecule has 1 atom stereocenters. The highest BCUT2D eigenvalue weighted by Crippen LogP contribution is 2.24. The number of benzene rings is 1. The second-order valence-corrected chi connectivity index (χ2v) is 4.33. The highest BCUT2D eigenvalue weighted by Gasteiger charge is 2.12. The molecule has 0 saturated carbocycles. The van der Waals surface area contributed by atoms with Crippen LogP contribution in [-0.2, 0) is 0 Å². The first-order chi connectivity index (χ1) is 8.86. The van der Waals surface area contributed by atoms with Gasteiger partial charge in [0.05, 0.1) is 5.52 Å². The Labute approximate surface area is 108 Å². The van der Waals surface area contributed by atoms with Crippen molar-refractivity contribution < 1.29 is 0 Å². The first kappa shape index (κ1) is 12.6. The molecule has 1 aromatic carbocycles. The highest BCUT2D eigenvalue weighted by molar-refractivity contribution is 5.82. The number of hydrogen-bond acceptors (Lipinski definition) is 2. The average Bonchev–Trinajstić information content (AvgIpc) is 2.43. The third-order valence-corrected chi connectivity index (χ3v) is 3.02. The minimum Gasteiger partial charge on any atom is -0.309 e. The Morgan fingerprint density at radius 3 is 3.00 bits per heavy atom. The van der Waals surface area contributed by atoms with Gasteiger partial charge in [-0.25, -0.2) is 0 Å². The van der Waals surface area contributed by atoms with E-state index in [1.165, 1.54) is 10.9 Å². The van der Waals surface area contributed by atoms with E-state index in [2.05, 4.69) is 35.3 Å². The lowest BCUT2D eigenvalue weighted by Gasteiger charge is -2.18. The van der Waals surface area contributed by atoms with Crippen LogP contribution in [-0.4, -0.2) is 11.5 Å². The summed E-state index contributed by atoms with van der Waals surface area (Å²) in [6.45, 7) is 3.13. The maximum absolute atomic E-state index is 5.48. The van der Waals surface area contributed by atoms with Crippen LogP contribution in [0, 0.1) is 12.3 Å². The van der Waals surface area contributed by atoms with Gasteiger partial charge in [0.25, 0.3) is 0 Å². The zero-order valence-corrected chi connectivity index (χ0v) is 10.7. The van der Waals surface area contributed by atoms with Crippen LogP contribution in [0.4, 0.5) is 0 Å². The number of terminal acetylenes is 1. The van der Waals surface area contributed by atoms with E-state index < -0.39 is 0 Å². The second-order valence-electron chi connectivity index (χ2n) is 4.33. The van der Waals surface area contributed by atoms with Crippen molar-refractivity contribution in [3.63, 3.8) is 0 Å². The van der Waals surface area contributed by atoms with E-state index in [4.69, 9.17) is 6.42 Å². The smallest absolute Gasteiger partial charge is 0.0705 e. The molecule has 0 aliphatic rings. The van der Waals surface area contributed by atoms with E-state index in [-0.39, 0.29) is 6.04 Å². The van der Waals surface area contributed by atoms with E-state index in [1.807, 2.05) is 24.4 Å². The highest BCUT2D eigenvalue weighted by atomic mass is 14.9. The SMILES string of the molecule is C#CCC(NCCC)c1cccc2ncccc12. The molecule has 1 unspecified atom stereocenters. The number of nitrogens with zero attached hydrogens (tertiary/aromatic N) is 1. The second kappa shape index (κ2) is 6.18. The molecular formula is C16H18N2. The van der Waals surface area contributed by atoms with Gasteiger partial charge in [0.1, 0.15) is 0 Å². The van der Waals surface area contributed by atoms with Gasteiger partial charge in [-0.05, 0) is 30.7 Å². The van der Waals surface area contributed by atoms with Gasteiger partial charge in [0, 0.05) is 24.0 Å². The van der Waals surface area contributed by atoms with Crippen LogP contribution in [0.2, 0.25) is 0 Å². The zero-order valence-electron chi connectivity index (χ0n) is 10.7. The lowest BCUT2D eigenvalue weighted by Crippen LogP contribution is -2.22. The van der Waals surface area contributed by atoms with E-state index in [0.29, 0.717) is 6.42 Å². The first-order valence-corrected chi connectivity index (χ1v) is 6.37. The Kier molecular flexibility index (Phi) is 4.33. The molecule has 0 fully saturated rings. The topological polar surface area (TPSA) is 24.9 Å². The molecule has 1 heterocycles. The van der Waals surface area contributed by atoms with Crippen molar-refractivity contribution in [2.45, 2.75) is 25.8 Å². The summed E-state index contributed by atoms with van der Waals surface area (Å²) >= 11 is 0. The lowest BCUT2D eigenvalue weighted by atomic mass is 9.99. The van der Waals surface area contributed by atoms with Crippen molar-refractivity contribution in [2.75, 3.05) is 6.54 Å². The number of nitrogens with one attached hydrogen (secondary N) is 1. The standard InChI is InChI=1S/C16H18N2/c1-3-7-15(17-11-4-2)13-8-5-10-16-14(13)9-6-12-18-16/h1,5-6,8-10,12,15,17H,4,7,11H2,2H3. The van der Waals surface area contributed by atoms with Crippen LogP contribution in [0.1, 0.15) is 31.4 Å². The quantitative estimate of drug-likeness (QED) is 0.808. The number of fused-ring (bicyclic) bond motifs is 1. The average molecular weight is 238 g/mol. The summed E-state index contributed by atoms with van der Waals surface area (Å²) in [7, 11) is 0. The minimum atomic E-state index is 0.211. The van der Waals surface area contributed by atoms with Crippen molar-refractivity contribution in [1.82, 2.24) is 10.3 Å². The fraction of sp³-hybridized carbons (Fsp3) is 0.312. The van der Waals surface area contributed by atoms with Gasteiger partial charge in [0.2, 0.25) is 0 Å². The third-order valence-electron chi connectivity index (χ3n) is 3.02. The number of pyridine rings is 1. The van der Waals surface area contributed by atoms with E-state index in [9.17, 15) is 0 Å². The third kappa shape index (κ3) is 2.69. The van der Waals surface area contributed by atoms with Gasteiger partial charge in [-0.2, -0.15) is 0 Å². The number of rotatable bonds is 5. The molecule has 1 aromatic heterocycles. The van der Waals surface area contributed by atoms with Crippen LogP contribution in [0.15, 0.2) is 36.5 Å². The van der Waals surface area contributed by atoms with Crippen LogP contribution in [0.5, 0.6) is 0 Å². The summed E-state index contributed by atoms with van der Waals surface area (Å²) in [6.07, 6.45) is 9.10. The summed E-state index contributed by atoms with van der Waals surface area (Å²) in [6, 6.07) is 10.5. The molecule has 92 valence electrons. The molecule has 0 aliphatic heterocycles. The molecule has 0 spiro atoms. The molecule has 2 nitrogen and oxygen atoms in total. The summed E-state index contributed by atoms with van der Waals surface area (Å²) in [5.41, 5.74) is 2.27. The first-order valence-electron chi connectivity index (χ1n) is 6.37. The molecule has 2 heteroatoms. The zero-order chi connectivity index (χ0) is 12.8. The van der Waals surface area contributed by atoms with Crippen molar-refractivity contribution in [3.8, 4) is 12.3 Å². The van der Waals surface area contributed by atoms with Gasteiger partial charge in [0.15, 0.2) is 0 Å². The van der Waals surface area contributed by atoms with Gasteiger partial charge in [-0.1, -0.05) is 25.1 Å². The molecule has 0 radical (unpaired) electrons. The van der Waals surface area contributed by atoms with Crippen molar-refractivity contribution >= 4 is 10.9 Å². The normalized spacial score (nSPS) is 12.2. The Bertz CT molecular complexity index is 549. The fourth-order valence-electron chi connectivity index (χ4n) is 2.16. The number of hydrogen-bond donors (Lipinski definition) is 1. The Hall–Kier alpha value is -1.85. The molecule has 1 N–H and O–H groups in total. The minimum absolute atomic E-state index is 0.211. The Morgan fingerprint density at radius 1 is 1.33 bits per heavy atom. The van der Waals surface area contributed by atoms with Crippen LogP contribution in [0.25, 0.3) is 10.9 Å². The predicted octanol–water partition coefficient (Wildman–Crippen LogP) is 3.30. The number of aromatic nitrogens is 1. The van der Waals surface area contributed by atoms with Gasteiger partial charge in [-0.15, -0.1) is 12.3 Å². The van der Waals surface area contributed by atoms with Gasteiger partial charge >= 0.3 is 0 Å². The summed E-state index contributed by atoms with van der Waals surface area (Å²) in [4.78, 5) is 4.39. The van der Waals surface area contributed by atoms with E-state index in [1.54, 1.807) is 0 Å². The summed E-state index contributed by atoms with van der Waals surface area (Å²) in [5, 5.41) is 4.69. The van der Waals surface area contributed by atoms with Crippen LogP contribution < -0.4 is 5.32 Å². The molecule has 0 bridgehead atoms. The maximum atomic E-state index is 5.48. The summed E-state index contributed by atoms with van der Waals surface area (Å²) in [5.74, 6) is 2.76. The van der Waals surface area contributed by atoms with Crippen molar-refractivity contribution in [1.29, 1.82) is 0 Å². The maximum Gasteiger partial charge on any atom is 0.0705 e. The van der Waals surface area contributed by atoms with Crippen molar-refractivity contribution in [3.05, 3.63) is 42.1 Å².